The van der Waals surface area contributed by atoms with Crippen molar-refractivity contribution >= 4 is 19.1 Å². The highest BCUT2D eigenvalue weighted by molar-refractivity contribution is 5.32. The van der Waals surface area contributed by atoms with Gasteiger partial charge < -0.3 is 4.90 Å². The van der Waals surface area contributed by atoms with Crippen LogP contribution in [-0.4, -0.2) is 22.6 Å². The van der Waals surface area contributed by atoms with Crippen LogP contribution < -0.4 is 21.0 Å². The van der Waals surface area contributed by atoms with Crippen molar-refractivity contribution in [3.8, 4) is 0 Å². The molecule has 1 aromatic rings. The number of nitrogens with zero attached hydrogens (tertiary/aromatic N) is 3. The third-order valence-electron chi connectivity index (χ3n) is 3.85. The van der Waals surface area contributed by atoms with Gasteiger partial charge in [0.2, 0.25) is 5.95 Å². The molecule has 0 spiro atoms. The molecule has 0 radical (unpaired) electrons. The first-order valence-electron chi connectivity index (χ1n) is 6.32. The van der Waals surface area contributed by atoms with E-state index in [1.165, 1.54) is 0 Å². The van der Waals surface area contributed by atoms with Crippen LogP contribution in [0, 0.1) is 5.41 Å². The molecule has 0 saturated carbocycles. The first kappa shape index (κ1) is 12.9. The zero-order valence-corrected chi connectivity index (χ0v) is 11.5. The molecule has 0 aromatic carbocycles. The topological polar surface area (TPSA) is 38.1 Å². The number of rotatable bonds is 1. The normalized spacial score (nSPS) is 18.9. The molecule has 1 saturated heterocycles. The van der Waals surface area contributed by atoms with E-state index in [0.29, 0.717) is 21.9 Å². The maximum Gasteiger partial charge on any atom is 0.261 e. The quantitative estimate of drug-likeness (QED) is 0.713. The van der Waals surface area contributed by atoms with Crippen molar-refractivity contribution < 1.29 is 0 Å². The van der Waals surface area contributed by atoms with Gasteiger partial charge in [-0.1, -0.05) is 27.0 Å². The zero-order chi connectivity index (χ0) is 13.5. The summed E-state index contributed by atoms with van der Waals surface area (Å²) >= 11 is 0. The summed E-state index contributed by atoms with van der Waals surface area (Å²) in [6.07, 6.45) is 2.23. The van der Waals surface area contributed by atoms with Gasteiger partial charge in [-0.2, -0.15) is 0 Å². The summed E-state index contributed by atoms with van der Waals surface area (Å²) in [7, 11) is 1.75. The predicted molar refractivity (Wildman–Crippen MR) is 75.0 cm³/mol. The standard InChI is InChI=1S/C14H21N3O/c1-10-11(2)15-13(16(5)12(10)18)17-8-6-14(3,4)7-9-17/h1-2,6-9H2,3-5H3. The molecular weight excluding hydrogens is 226 g/mol. The lowest BCUT2D eigenvalue weighted by atomic mass is 9.83. The summed E-state index contributed by atoms with van der Waals surface area (Å²) in [5.74, 6) is 0.716. The number of piperidine rings is 1. The van der Waals surface area contributed by atoms with E-state index >= 15 is 0 Å². The summed E-state index contributed by atoms with van der Waals surface area (Å²) < 4.78 is 1.58. The Bertz CT molecular complexity index is 605. The second kappa shape index (κ2) is 4.26. The average molecular weight is 247 g/mol. The number of anilines is 1. The van der Waals surface area contributed by atoms with E-state index in [0.717, 1.165) is 25.9 Å². The van der Waals surface area contributed by atoms with Crippen LogP contribution in [0.4, 0.5) is 5.95 Å². The SMILES string of the molecule is C=c1nc(N2CCC(C)(C)CC2)n(C)c(=O)c1=C. The Labute approximate surface area is 107 Å². The summed E-state index contributed by atoms with van der Waals surface area (Å²) in [5, 5.41) is 0.872. The van der Waals surface area contributed by atoms with Crippen molar-refractivity contribution in [1.29, 1.82) is 0 Å². The minimum atomic E-state index is -0.102. The maximum absolute atomic E-state index is 12.0. The second-order valence-electron chi connectivity index (χ2n) is 5.85. The minimum absolute atomic E-state index is 0.102. The molecule has 2 rings (SSSR count). The molecule has 4 nitrogen and oxygen atoms in total. The minimum Gasteiger partial charge on any atom is -0.342 e. The number of hydrogen-bond acceptors (Lipinski definition) is 3. The van der Waals surface area contributed by atoms with Gasteiger partial charge in [0.15, 0.2) is 0 Å². The monoisotopic (exact) mass is 247 g/mol. The molecule has 18 heavy (non-hydrogen) atoms. The van der Waals surface area contributed by atoms with Gasteiger partial charge in [-0.15, -0.1) is 0 Å². The molecule has 4 heteroatoms. The van der Waals surface area contributed by atoms with Crippen LogP contribution in [0.5, 0.6) is 0 Å². The Kier molecular flexibility index (Phi) is 3.05. The molecule has 1 aliphatic heterocycles. The van der Waals surface area contributed by atoms with Crippen molar-refractivity contribution in [3.05, 3.63) is 20.9 Å². The predicted octanol–water partition coefficient (Wildman–Crippen LogP) is 0.227. The summed E-state index contributed by atoms with van der Waals surface area (Å²) in [5.41, 5.74) is 0.282. The number of aromatic nitrogens is 2. The summed E-state index contributed by atoms with van der Waals surface area (Å²) in [6, 6.07) is 0. The number of hydrogen-bond donors (Lipinski definition) is 0. The van der Waals surface area contributed by atoms with Gasteiger partial charge in [-0.05, 0) is 18.3 Å². The molecule has 0 N–H and O–H groups in total. The van der Waals surface area contributed by atoms with Crippen molar-refractivity contribution in [2.45, 2.75) is 26.7 Å². The highest BCUT2D eigenvalue weighted by Gasteiger charge is 2.27. The van der Waals surface area contributed by atoms with Crippen LogP contribution in [0.15, 0.2) is 4.79 Å². The zero-order valence-electron chi connectivity index (χ0n) is 11.5. The van der Waals surface area contributed by atoms with Crippen molar-refractivity contribution in [1.82, 2.24) is 9.55 Å². The van der Waals surface area contributed by atoms with E-state index in [4.69, 9.17) is 0 Å². The van der Waals surface area contributed by atoms with Crippen LogP contribution in [0.1, 0.15) is 26.7 Å². The summed E-state index contributed by atoms with van der Waals surface area (Å²) in [6.45, 7) is 13.9. The first-order valence-corrected chi connectivity index (χ1v) is 6.32. The third kappa shape index (κ3) is 2.19. The molecule has 1 aromatic heterocycles. The van der Waals surface area contributed by atoms with Crippen LogP contribution in [-0.2, 0) is 7.05 Å². The maximum atomic E-state index is 12.0. The van der Waals surface area contributed by atoms with E-state index in [1.54, 1.807) is 11.6 Å². The van der Waals surface area contributed by atoms with Gasteiger partial charge in [0.1, 0.15) is 0 Å². The lowest BCUT2D eigenvalue weighted by Crippen LogP contribution is -2.49. The van der Waals surface area contributed by atoms with Gasteiger partial charge in [0, 0.05) is 20.1 Å². The van der Waals surface area contributed by atoms with Crippen LogP contribution in [0.25, 0.3) is 13.2 Å². The van der Waals surface area contributed by atoms with E-state index < -0.39 is 0 Å². The van der Waals surface area contributed by atoms with E-state index in [-0.39, 0.29) is 5.56 Å². The van der Waals surface area contributed by atoms with E-state index in [2.05, 4.69) is 36.9 Å². The van der Waals surface area contributed by atoms with Gasteiger partial charge >= 0.3 is 0 Å². The Hall–Kier alpha value is -1.58. The third-order valence-corrected chi connectivity index (χ3v) is 3.85. The fourth-order valence-corrected chi connectivity index (χ4v) is 2.27. The molecule has 0 amide bonds. The van der Waals surface area contributed by atoms with Gasteiger partial charge in [-0.3, -0.25) is 9.36 Å². The molecule has 0 unspecified atom stereocenters. The van der Waals surface area contributed by atoms with Crippen molar-refractivity contribution in [2.24, 2.45) is 12.5 Å². The van der Waals surface area contributed by atoms with Gasteiger partial charge in [0.25, 0.3) is 5.56 Å². The molecular formula is C14H21N3O. The summed E-state index contributed by atoms with van der Waals surface area (Å²) in [4.78, 5) is 18.6. The van der Waals surface area contributed by atoms with E-state index in [1.807, 2.05) is 0 Å². The van der Waals surface area contributed by atoms with E-state index in [9.17, 15) is 4.79 Å². The Morgan fingerprint density at radius 1 is 1.22 bits per heavy atom. The second-order valence-corrected chi connectivity index (χ2v) is 5.85. The van der Waals surface area contributed by atoms with Crippen LogP contribution in [0.3, 0.4) is 0 Å². The van der Waals surface area contributed by atoms with Crippen LogP contribution in [0.2, 0.25) is 0 Å². The highest BCUT2D eigenvalue weighted by atomic mass is 16.1. The van der Waals surface area contributed by atoms with Crippen molar-refractivity contribution in [3.63, 3.8) is 0 Å². The molecule has 1 fully saturated rings. The first-order chi connectivity index (χ1) is 8.32. The smallest absolute Gasteiger partial charge is 0.261 e. The molecule has 98 valence electrons. The Balaban J connectivity index is 2.39. The molecule has 0 bridgehead atoms. The Morgan fingerprint density at radius 3 is 2.33 bits per heavy atom. The molecule has 2 heterocycles. The molecule has 0 aliphatic carbocycles. The fraction of sp³-hybridized carbons (Fsp3) is 0.571. The van der Waals surface area contributed by atoms with Crippen molar-refractivity contribution in [2.75, 3.05) is 18.0 Å². The van der Waals surface area contributed by atoms with Crippen LogP contribution >= 0.6 is 0 Å². The van der Waals surface area contributed by atoms with Gasteiger partial charge in [-0.25, -0.2) is 4.98 Å². The average Bonchev–Trinajstić information content (AvgIpc) is 2.32. The fourth-order valence-electron chi connectivity index (χ4n) is 2.27. The molecule has 1 aliphatic rings. The lowest BCUT2D eigenvalue weighted by Gasteiger charge is -2.37. The molecule has 0 atom stereocenters. The highest BCUT2D eigenvalue weighted by Crippen LogP contribution is 2.30. The largest absolute Gasteiger partial charge is 0.342 e. The Morgan fingerprint density at radius 2 is 1.78 bits per heavy atom. The van der Waals surface area contributed by atoms with Gasteiger partial charge in [0.05, 0.1) is 10.6 Å². The lowest BCUT2D eigenvalue weighted by molar-refractivity contribution is 0.277.